The second-order valence-electron chi connectivity index (χ2n) is 3.59. The molecule has 0 aliphatic heterocycles. The van der Waals surface area contributed by atoms with E-state index in [4.69, 9.17) is 5.14 Å². The summed E-state index contributed by atoms with van der Waals surface area (Å²) >= 11 is 3.36. The SMILES string of the molecule is CC(NCCS(N)(=O)=O)c1ccc(Br)cc1. The van der Waals surface area contributed by atoms with E-state index < -0.39 is 10.0 Å². The summed E-state index contributed by atoms with van der Waals surface area (Å²) in [4.78, 5) is 0. The van der Waals surface area contributed by atoms with Gasteiger partial charge in [0.15, 0.2) is 0 Å². The molecular weight excluding hydrogens is 292 g/mol. The fourth-order valence-corrected chi connectivity index (χ4v) is 1.95. The molecule has 16 heavy (non-hydrogen) atoms. The molecule has 0 saturated heterocycles. The Balaban J connectivity index is 2.47. The van der Waals surface area contributed by atoms with Gasteiger partial charge in [-0.15, -0.1) is 0 Å². The number of halogens is 1. The molecule has 90 valence electrons. The summed E-state index contributed by atoms with van der Waals surface area (Å²) in [5.41, 5.74) is 1.11. The van der Waals surface area contributed by atoms with Crippen molar-refractivity contribution in [2.24, 2.45) is 5.14 Å². The van der Waals surface area contributed by atoms with E-state index in [1.165, 1.54) is 0 Å². The highest BCUT2D eigenvalue weighted by molar-refractivity contribution is 9.10. The molecule has 0 heterocycles. The molecule has 0 aliphatic rings. The summed E-state index contributed by atoms with van der Waals surface area (Å²) < 4.78 is 22.5. The lowest BCUT2D eigenvalue weighted by molar-refractivity contribution is 0.573. The van der Waals surface area contributed by atoms with Gasteiger partial charge in [-0.25, -0.2) is 13.6 Å². The fourth-order valence-electron chi connectivity index (χ4n) is 1.29. The molecule has 0 saturated carbocycles. The number of hydrogen-bond acceptors (Lipinski definition) is 3. The first-order valence-electron chi connectivity index (χ1n) is 4.88. The van der Waals surface area contributed by atoms with Crippen LogP contribution in [0.4, 0.5) is 0 Å². The molecule has 1 aromatic rings. The monoisotopic (exact) mass is 306 g/mol. The van der Waals surface area contributed by atoms with Crippen LogP contribution in [-0.2, 0) is 10.0 Å². The molecule has 0 radical (unpaired) electrons. The Morgan fingerprint density at radius 2 is 1.94 bits per heavy atom. The van der Waals surface area contributed by atoms with E-state index in [0.29, 0.717) is 6.54 Å². The highest BCUT2D eigenvalue weighted by Crippen LogP contribution is 2.16. The van der Waals surface area contributed by atoms with Crippen molar-refractivity contribution < 1.29 is 8.42 Å². The number of primary sulfonamides is 1. The third kappa shape index (κ3) is 5.07. The molecule has 3 N–H and O–H groups in total. The van der Waals surface area contributed by atoms with E-state index in [9.17, 15) is 8.42 Å². The molecule has 0 aromatic heterocycles. The smallest absolute Gasteiger partial charge is 0.210 e. The number of sulfonamides is 1. The minimum atomic E-state index is -3.38. The van der Waals surface area contributed by atoms with E-state index in [2.05, 4.69) is 21.2 Å². The second kappa shape index (κ2) is 5.77. The van der Waals surface area contributed by atoms with Crippen molar-refractivity contribution >= 4 is 26.0 Å². The van der Waals surface area contributed by atoms with Gasteiger partial charge in [-0.2, -0.15) is 0 Å². The number of rotatable bonds is 5. The maximum Gasteiger partial charge on any atom is 0.210 e. The topological polar surface area (TPSA) is 72.2 Å². The molecule has 1 aromatic carbocycles. The molecular formula is C10H15BrN2O2S. The molecule has 0 aliphatic carbocycles. The molecule has 1 unspecified atom stereocenters. The summed E-state index contributed by atoms with van der Waals surface area (Å²) in [6.45, 7) is 2.34. The zero-order valence-electron chi connectivity index (χ0n) is 8.98. The first-order valence-corrected chi connectivity index (χ1v) is 7.38. The third-order valence-corrected chi connectivity index (χ3v) is 3.51. The average molecular weight is 307 g/mol. The Morgan fingerprint density at radius 1 is 1.38 bits per heavy atom. The van der Waals surface area contributed by atoms with Crippen molar-refractivity contribution in [2.75, 3.05) is 12.3 Å². The second-order valence-corrected chi connectivity index (χ2v) is 6.24. The van der Waals surface area contributed by atoms with Crippen LogP contribution in [-0.4, -0.2) is 20.7 Å². The van der Waals surface area contributed by atoms with Gasteiger partial charge in [-0.3, -0.25) is 0 Å². The number of benzene rings is 1. The van der Waals surface area contributed by atoms with Crippen LogP contribution >= 0.6 is 15.9 Å². The Labute approximate surface area is 104 Å². The van der Waals surface area contributed by atoms with E-state index in [-0.39, 0.29) is 11.8 Å². The standard InChI is InChI=1S/C10H15BrN2O2S/c1-8(13-6-7-16(12,14)15)9-2-4-10(11)5-3-9/h2-5,8,13H,6-7H2,1H3,(H2,12,14,15). The fraction of sp³-hybridized carbons (Fsp3) is 0.400. The highest BCUT2D eigenvalue weighted by atomic mass is 79.9. The minimum Gasteiger partial charge on any atom is -0.309 e. The van der Waals surface area contributed by atoms with Crippen LogP contribution in [0.5, 0.6) is 0 Å². The van der Waals surface area contributed by atoms with Crippen LogP contribution in [0.2, 0.25) is 0 Å². The van der Waals surface area contributed by atoms with E-state index in [1.54, 1.807) is 0 Å². The quantitative estimate of drug-likeness (QED) is 0.863. The van der Waals surface area contributed by atoms with E-state index >= 15 is 0 Å². The van der Waals surface area contributed by atoms with Crippen LogP contribution < -0.4 is 10.5 Å². The first kappa shape index (κ1) is 13.6. The van der Waals surface area contributed by atoms with Gasteiger partial charge in [0.25, 0.3) is 0 Å². The summed E-state index contributed by atoms with van der Waals surface area (Å²) in [5, 5.41) is 8.01. The lowest BCUT2D eigenvalue weighted by atomic mass is 10.1. The van der Waals surface area contributed by atoms with Crippen molar-refractivity contribution in [1.29, 1.82) is 0 Å². The summed E-state index contributed by atoms with van der Waals surface area (Å²) in [7, 11) is -3.38. The largest absolute Gasteiger partial charge is 0.309 e. The third-order valence-electron chi connectivity index (χ3n) is 2.21. The summed E-state index contributed by atoms with van der Waals surface area (Å²) in [6, 6.07) is 7.98. The number of nitrogens with one attached hydrogen (secondary N) is 1. The maximum atomic E-state index is 10.7. The van der Waals surface area contributed by atoms with Crippen LogP contribution in [0.25, 0.3) is 0 Å². The van der Waals surface area contributed by atoms with Crippen LogP contribution in [0.3, 0.4) is 0 Å². The number of hydrogen-bond donors (Lipinski definition) is 2. The van der Waals surface area contributed by atoms with Gasteiger partial charge in [0, 0.05) is 17.1 Å². The van der Waals surface area contributed by atoms with Crippen molar-refractivity contribution in [2.45, 2.75) is 13.0 Å². The van der Waals surface area contributed by atoms with Gasteiger partial charge >= 0.3 is 0 Å². The first-order chi connectivity index (χ1) is 7.38. The normalized spacial score (nSPS) is 13.7. The lowest BCUT2D eigenvalue weighted by Gasteiger charge is -2.13. The van der Waals surface area contributed by atoms with Crippen LogP contribution in [0.1, 0.15) is 18.5 Å². The maximum absolute atomic E-state index is 10.7. The Bertz CT molecular complexity index is 431. The molecule has 4 nitrogen and oxygen atoms in total. The predicted octanol–water partition coefficient (Wildman–Crippen LogP) is 1.39. The van der Waals surface area contributed by atoms with Gasteiger partial charge in [-0.05, 0) is 24.6 Å². The van der Waals surface area contributed by atoms with Crippen LogP contribution in [0.15, 0.2) is 28.7 Å². The van der Waals surface area contributed by atoms with Gasteiger partial charge in [0.1, 0.15) is 0 Å². The van der Waals surface area contributed by atoms with Crippen molar-refractivity contribution in [3.05, 3.63) is 34.3 Å². The molecule has 6 heteroatoms. The predicted molar refractivity (Wildman–Crippen MR) is 68.5 cm³/mol. The van der Waals surface area contributed by atoms with Gasteiger partial charge < -0.3 is 5.32 Å². The molecule has 1 rings (SSSR count). The molecule has 0 amide bonds. The molecule has 0 fully saturated rings. The van der Waals surface area contributed by atoms with Crippen molar-refractivity contribution in [3.63, 3.8) is 0 Å². The van der Waals surface area contributed by atoms with Crippen molar-refractivity contribution in [3.8, 4) is 0 Å². The van der Waals surface area contributed by atoms with Gasteiger partial charge in [0.2, 0.25) is 10.0 Å². The Morgan fingerprint density at radius 3 is 2.44 bits per heavy atom. The molecule has 0 bridgehead atoms. The Hall–Kier alpha value is -0.430. The average Bonchev–Trinajstić information content (AvgIpc) is 2.16. The highest BCUT2D eigenvalue weighted by Gasteiger charge is 2.06. The summed E-state index contributed by atoms with van der Waals surface area (Å²) in [5.74, 6) is -0.0477. The van der Waals surface area contributed by atoms with Gasteiger partial charge in [0.05, 0.1) is 5.75 Å². The zero-order chi connectivity index (χ0) is 12.2. The van der Waals surface area contributed by atoms with Gasteiger partial charge in [-0.1, -0.05) is 28.1 Å². The lowest BCUT2D eigenvalue weighted by Crippen LogP contribution is -2.28. The van der Waals surface area contributed by atoms with E-state index in [0.717, 1.165) is 10.0 Å². The minimum absolute atomic E-state index is 0.0477. The van der Waals surface area contributed by atoms with Crippen LogP contribution in [0, 0.1) is 0 Å². The molecule has 0 spiro atoms. The number of nitrogens with two attached hydrogens (primary N) is 1. The van der Waals surface area contributed by atoms with Crippen molar-refractivity contribution in [1.82, 2.24) is 5.32 Å². The Kier molecular flexibility index (Phi) is 4.91. The summed E-state index contributed by atoms with van der Waals surface area (Å²) in [6.07, 6.45) is 0. The zero-order valence-corrected chi connectivity index (χ0v) is 11.4. The van der Waals surface area contributed by atoms with E-state index in [1.807, 2.05) is 31.2 Å². The molecule has 1 atom stereocenters.